The van der Waals surface area contributed by atoms with Crippen LogP contribution in [0.5, 0.6) is 0 Å². The summed E-state index contributed by atoms with van der Waals surface area (Å²) in [7, 11) is 0. The van der Waals surface area contributed by atoms with Gasteiger partial charge in [0.2, 0.25) is 0 Å². The van der Waals surface area contributed by atoms with E-state index in [1.165, 1.54) is 95.0 Å². The molecule has 0 atom stereocenters. The first-order chi connectivity index (χ1) is 19.6. The molecule has 0 unspecified atom stereocenters. The summed E-state index contributed by atoms with van der Waals surface area (Å²) < 4.78 is 0. The van der Waals surface area contributed by atoms with Crippen molar-refractivity contribution < 1.29 is 19.5 Å². The van der Waals surface area contributed by atoms with Gasteiger partial charge in [0.25, 0.3) is 5.91 Å². The van der Waals surface area contributed by atoms with E-state index in [2.05, 4.69) is 26.0 Å². The smallest absolute Gasteiger partial charge is 0.303 e. The Bertz CT molecular complexity index is 774. The number of hydrogen-bond acceptors (Lipinski definition) is 3. The fraction of sp³-hybridized carbons (Fsp3) is 0.714. The minimum Gasteiger partial charge on any atom is -0.481 e. The third-order valence-corrected chi connectivity index (χ3v) is 7.42. The molecule has 1 amide bonds. The van der Waals surface area contributed by atoms with Crippen molar-refractivity contribution in [1.82, 2.24) is 5.06 Å². The second-order valence-corrected chi connectivity index (χ2v) is 11.2. The number of benzene rings is 1. The number of nitrogens with zero attached hydrogens (tertiary/aromatic N) is 1. The number of rotatable bonds is 27. The van der Waals surface area contributed by atoms with Gasteiger partial charge < -0.3 is 5.11 Å². The van der Waals surface area contributed by atoms with Gasteiger partial charge in [-0.25, -0.2) is 5.06 Å². The molecule has 0 aliphatic carbocycles. The molecule has 1 aromatic rings. The molecule has 0 bridgehead atoms. The van der Waals surface area contributed by atoms with Crippen LogP contribution in [0.15, 0.2) is 30.3 Å². The summed E-state index contributed by atoms with van der Waals surface area (Å²) in [6.45, 7) is 5.18. The van der Waals surface area contributed by atoms with E-state index in [-0.39, 0.29) is 18.9 Å². The number of carbonyl (C=O) groups excluding carboxylic acids is 1. The quantitative estimate of drug-likeness (QED) is 0.0863. The second-order valence-electron chi connectivity index (χ2n) is 11.2. The van der Waals surface area contributed by atoms with Gasteiger partial charge in [-0.2, -0.15) is 0 Å². The Kier molecular flexibility index (Phi) is 23.1. The van der Waals surface area contributed by atoms with E-state index < -0.39 is 5.97 Å². The van der Waals surface area contributed by atoms with Crippen molar-refractivity contribution in [3.05, 3.63) is 41.5 Å². The Morgan fingerprint density at radius 2 is 1.20 bits per heavy atom. The zero-order valence-electron chi connectivity index (χ0n) is 25.8. The van der Waals surface area contributed by atoms with Crippen molar-refractivity contribution in [2.24, 2.45) is 0 Å². The number of hydrogen-bond donors (Lipinski definition) is 1. The van der Waals surface area contributed by atoms with Gasteiger partial charge in [-0.3, -0.25) is 14.4 Å². The number of hydroxylamine groups is 2. The molecule has 0 radical (unpaired) electrons. The van der Waals surface area contributed by atoms with Gasteiger partial charge in [0.15, 0.2) is 0 Å². The zero-order chi connectivity index (χ0) is 29.1. The molecule has 0 aromatic heterocycles. The highest BCUT2D eigenvalue weighted by Crippen LogP contribution is 2.15. The van der Waals surface area contributed by atoms with E-state index in [1.54, 1.807) is 0 Å². The first-order valence-corrected chi connectivity index (χ1v) is 16.5. The minimum absolute atomic E-state index is 0.0199. The molecule has 0 aliphatic heterocycles. The lowest BCUT2D eigenvalue weighted by molar-refractivity contribution is -0.140. The van der Waals surface area contributed by atoms with Gasteiger partial charge in [0.05, 0.1) is 6.61 Å². The first kappa shape index (κ1) is 35.9. The first-order valence-electron chi connectivity index (χ1n) is 16.5. The zero-order valence-corrected chi connectivity index (χ0v) is 25.8. The van der Waals surface area contributed by atoms with Crippen LogP contribution < -0.4 is 0 Å². The largest absolute Gasteiger partial charge is 0.481 e. The summed E-state index contributed by atoms with van der Waals surface area (Å²) in [6.07, 6.45) is 29.4. The average Bonchev–Trinajstić information content (AvgIpc) is 2.95. The Morgan fingerprint density at radius 3 is 1.73 bits per heavy atom. The van der Waals surface area contributed by atoms with E-state index in [9.17, 15) is 9.59 Å². The summed E-state index contributed by atoms with van der Waals surface area (Å²) in [5.74, 6) is -1.07. The van der Waals surface area contributed by atoms with Crippen LogP contribution in [0.2, 0.25) is 0 Å². The summed E-state index contributed by atoms with van der Waals surface area (Å²) in [4.78, 5) is 29.7. The average molecular weight is 558 g/mol. The van der Waals surface area contributed by atoms with Gasteiger partial charge in [0.1, 0.15) is 0 Å². The van der Waals surface area contributed by atoms with Crippen LogP contribution in [0.3, 0.4) is 0 Å². The van der Waals surface area contributed by atoms with Crippen LogP contribution in [0.1, 0.15) is 165 Å². The Labute approximate surface area is 245 Å². The normalized spacial score (nSPS) is 11.3. The Hall–Kier alpha value is -2.14. The topological polar surface area (TPSA) is 66.8 Å². The predicted molar refractivity (Wildman–Crippen MR) is 168 cm³/mol. The standard InChI is InChI=1S/C35H59NO4/c1-3-5-7-9-10-11-12-13-14-15-16-17-18-19-20-21-24-32-26-28-33(29-27-32)35(39)36(30-23-25-34(37)38)40-31-22-8-6-4-2/h21,24,26-29H,3-20,22-23,25,30-31H2,1-2H3,(H,37,38)/b24-21+. The van der Waals surface area contributed by atoms with E-state index in [0.717, 1.165) is 37.7 Å². The third-order valence-electron chi connectivity index (χ3n) is 7.42. The maximum Gasteiger partial charge on any atom is 0.303 e. The van der Waals surface area contributed by atoms with Crippen LogP contribution in [-0.2, 0) is 9.63 Å². The summed E-state index contributed by atoms with van der Waals surface area (Å²) in [5, 5.41) is 10.3. The highest BCUT2D eigenvalue weighted by molar-refractivity contribution is 5.93. The number of amides is 1. The minimum atomic E-state index is -0.861. The SMILES string of the molecule is CCCCCCCCCCCCCCCC/C=C/c1ccc(C(=O)N(CCCC(=O)O)OCCCCCC)cc1. The Balaban J connectivity index is 2.24. The number of carboxylic acid groups (broad SMARTS) is 1. The Morgan fingerprint density at radius 1 is 0.700 bits per heavy atom. The van der Waals surface area contributed by atoms with E-state index in [1.807, 2.05) is 24.3 Å². The maximum absolute atomic E-state index is 13.0. The molecule has 228 valence electrons. The van der Waals surface area contributed by atoms with E-state index >= 15 is 0 Å². The molecule has 5 heteroatoms. The summed E-state index contributed by atoms with van der Waals surface area (Å²) in [6, 6.07) is 7.59. The molecule has 40 heavy (non-hydrogen) atoms. The predicted octanol–water partition coefficient (Wildman–Crippen LogP) is 10.4. The number of unbranched alkanes of at least 4 members (excludes halogenated alkanes) is 17. The molecule has 0 fully saturated rings. The van der Waals surface area contributed by atoms with E-state index in [4.69, 9.17) is 9.94 Å². The van der Waals surface area contributed by atoms with Crippen molar-refractivity contribution in [2.45, 2.75) is 149 Å². The van der Waals surface area contributed by atoms with Gasteiger partial charge in [-0.15, -0.1) is 0 Å². The lowest BCUT2D eigenvalue weighted by atomic mass is 10.0. The van der Waals surface area contributed by atoms with E-state index in [0.29, 0.717) is 18.6 Å². The van der Waals surface area contributed by atoms with Crippen molar-refractivity contribution in [1.29, 1.82) is 0 Å². The second kappa shape index (κ2) is 25.8. The van der Waals surface area contributed by atoms with Crippen LogP contribution in [0.4, 0.5) is 0 Å². The fourth-order valence-electron chi connectivity index (χ4n) is 4.86. The van der Waals surface area contributed by atoms with Crippen molar-refractivity contribution in [2.75, 3.05) is 13.2 Å². The lowest BCUT2D eigenvalue weighted by Crippen LogP contribution is -2.33. The molecule has 0 saturated carbocycles. The summed E-state index contributed by atoms with van der Waals surface area (Å²) >= 11 is 0. The molecule has 0 heterocycles. The molecule has 1 rings (SSSR count). The molecule has 1 N–H and O–H groups in total. The van der Waals surface area contributed by atoms with Crippen molar-refractivity contribution >= 4 is 18.0 Å². The molecule has 1 aromatic carbocycles. The van der Waals surface area contributed by atoms with Gasteiger partial charge in [-0.05, 0) is 43.4 Å². The molecule has 0 aliphatic rings. The summed E-state index contributed by atoms with van der Waals surface area (Å²) in [5.41, 5.74) is 1.65. The van der Waals surface area contributed by atoms with Crippen LogP contribution in [0, 0.1) is 0 Å². The number of carboxylic acids is 1. The molecule has 0 saturated heterocycles. The highest BCUT2D eigenvalue weighted by atomic mass is 16.7. The van der Waals surface area contributed by atoms with Crippen LogP contribution in [0.25, 0.3) is 6.08 Å². The van der Waals surface area contributed by atoms with Gasteiger partial charge >= 0.3 is 5.97 Å². The van der Waals surface area contributed by atoms with Gasteiger partial charge in [0, 0.05) is 18.5 Å². The maximum atomic E-state index is 13.0. The number of aliphatic carboxylic acids is 1. The molecular formula is C35H59NO4. The molecule has 5 nitrogen and oxygen atoms in total. The van der Waals surface area contributed by atoms with Crippen molar-refractivity contribution in [3.8, 4) is 0 Å². The van der Waals surface area contributed by atoms with Crippen LogP contribution >= 0.6 is 0 Å². The third kappa shape index (κ3) is 19.8. The number of carbonyl (C=O) groups is 2. The molecule has 0 spiro atoms. The monoisotopic (exact) mass is 557 g/mol. The van der Waals surface area contributed by atoms with Gasteiger partial charge in [-0.1, -0.05) is 141 Å². The lowest BCUT2D eigenvalue weighted by Gasteiger charge is -2.22. The fourth-order valence-corrected chi connectivity index (χ4v) is 4.86. The van der Waals surface area contributed by atoms with Crippen molar-refractivity contribution in [3.63, 3.8) is 0 Å². The van der Waals surface area contributed by atoms with Crippen LogP contribution in [-0.4, -0.2) is 35.2 Å². The number of allylic oxidation sites excluding steroid dienone is 1. The molecular weight excluding hydrogens is 498 g/mol. The highest BCUT2D eigenvalue weighted by Gasteiger charge is 2.17.